The molecule has 3 rings (SSSR count). The van der Waals surface area contributed by atoms with E-state index >= 15 is 0 Å². The molecule has 0 amide bonds. The van der Waals surface area contributed by atoms with Gasteiger partial charge in [0.1, 0.15) is 0 Å². The Bertz CT molecular complexity index is 500. The highest BCUT2D eigenvalue weighted by Crippen LogP contribution is 2.30. The van der Waals surface area contributed by atoms with Gasteiger partial charge in [0.15, 0.2) is 0 Å². The number of pyridine rings is 1. The standard InChI is InChI=1S/C15H23N3O2/c16-14-2-1-7-18(15(14)19)13-5-3-12(4-6-13)17-8-10-20-11-9-17/h1-2,7,12-13H,3-6,8-11,16H2. The number of morpholine rings is 1. The van der Waals surface area contributed by atoms with Gasteiger partial charge in [-0.2, -0.15) is 0 Å². The zero-order valence-electron chi connectivity index (χ0n) is 11.8. The lowest BCUT2D eigenvalue weighted by molar-refractivity contribution is 0.00535. The third-order valence-corrected chi connectivity index (χ3v) is 4.63. The van der Waals surface area contributed by atoms with Crippen LogP contribution in [0.1, 0.15) is 31.7 Å². The highest BCUT2D eigenvalue weighted by molar-refractivity contribution is 5.33. The fourth-order valence-corrected chi connectivity index (χ4v) is 3.46. The van der Waals surface area contributed by atoms with Gasteiger partial charge in [-0.05, 0) is 37.8 Å². The quantitative estimate of drug-likeness (QED) is 0.883. The van der Waals surface area contributed by atoms with E-state index in [4.69, 9.17) is 10.5 Å². The van der Waals surface area contributed by atoms with Crippen molar-refractivity contribution in [2.45, 2.75) is 37.8 Å². The lowest BCUT2D eigenvalue weighted by atomic mass is 9.89. The van der Waals surface area contributed by atoms with Crippen LogP contribution in [0.2, 0.25) is 0 Å². The Hall–Kier alpha value is -1.33. The van der Waals surface area contributed by atoms with Crippen molar-refractivity contribution in [3.63, 3.8) is 0 Å². The number of hydrogen-bond acceptors (Lipinski definition) is 4. The number of ether oxygens (including phenoxy) is 1. The number of nitrogens with two attached hydrogens (primary N) is 1. The molecule has 0 bridgehead atoms. The highest BCUT2D eigenvalue weighted by Gasteiger charge is 2.27. The van der Waals surface area contributed by atoms with Crippen molar-refractivity contribution >= 4 is 5.69 Å². The number of nitrogens with zero attached hydrogens (tertiary/aromatic N) is 2. The van der Waals surface area contributed by atoms with Crippen LogP contribution in [0, 0.1) is 0 Å². The molecule has 0 radical (unpaired) electrons. The van der Waals surface area contributed by atoms with Crippen molar-refractivity contribution < 1.29 is 4.74 Å². The Morgan fingerprint density at radius 2 is 1.75 bits per heavy atom. The number of hydrogen-bond donors (Lipinski definition) is 1. The summed E-state index contributed by atoms with van der Waals surface area (Å²) in [5, 5.41) is 0. The van der Waals surface area contributed by atoms with Crippen LogP contribution in [0.15, 0.2) is 23.1 Å². The molecule has 1 aromatic rings. The highest BCUT2D eigenvalue weighted by atomic mass is 16.5. The third-order valence-electron chi connectivity index (χ3n) is 4.63. The topological polar surface area (TPSA) is 60.5 Å². The molecule has 110 valence electrons. The van der Waals surface area contributed by atoms with Crippen molar-refractivity contribution in [2.24, 2.45) is 0 Å². The van der Waals surface area contributed by atoms with Gasteiger partial charge in [-0.15, -0.1) is 0 Å². The zero-order chi connectivity index (χ0) is 13.9. The average Bonchev–Trinajstić information content (AvgIpc) is 2.51. The molecule has 0 unspecified atom stereocenters. The van der Waals surface area contributed by atoms with E-state index in [9.17, 15) is 4.79 Å². The van der Waals surface area contributed by atoms with Crippen LogP contribution in [0.25, 0.3) is 0 Å². The number of aromatic nitrogens is 1. The fourth-order valence-electron chi connectivity index (χ4n) is 3.46. The molecule has 2 N–H and O–H groups in total. The molecule has 0 atom stereocenters. The molecule has 1 saturated carbocycles. The van der Waals surface area contributed by atoms with Gasteiger partial charge in [0.25, 0.3) is 5.56 Å². The normalized spacial score (nSPS) is 28.4. The van der Waals surface area contributed by atoms with Crippen molar-refractivity contribution in [2.75, 3.05) is 32.0 Å². The molecule has 1 saturated heterocycles. The van der Waals surface area contributed by atoms with Gasteiger partial charge in [0.2, 0.25) is 0 Å². The maximum atomic E-state index is 12.1. The fraction of sp³-hybridized carbons (Fsp3) is 0.667. The molecule has 5 nitrogen and oxygen atoms in total. The molecule has 1 aliphatic heterocycles. The van der Waals surface area contributed by atoms with E-state index in [1.54, 1.807) is 6.07 Å². The summed E-state index contributed by atoms with van der Waals surface area (Å²) in [4.78, 5) is 14.6. The summed E-state index contributed by atoms with van der Waals surface area (Å²) in [5.74, 6) is 0. The molecular weight excluding hydrogens is 254 g/mol. The molecule has 0 aromatic carbocycles. The van der Waals surface area contributed by atoms with E-state index < -0.39 is 0 Å². The van der Waals surface area contributed by atoms with Crippen LogP contribution in [0.3, 0.4) is 0 Å². The Morgan fingerprint density at radius 3 is 2.45 bits per heavy atom. The first-order valence-electron chi connectivity index (χ1n) is 7.54. The summed E-state index contributed by atoms with van der Waals surface area (Å²) in [6, 6.07) is 4.51. The lowest BCUT2D eigenvalue weighted by Crippen LogP contribution is -2.45. The molecule has 2 heterocycles. The van der Waals surface area contributed by atoms with Crippen LogP contribution in [0.5, 0.6) is 0 Å². The first-order valence-corrected chi connectivity index (χ1v) is 7.54. The number of anilines is 1. The average molecular weight is 277 g/mol. The summed E-state index contributed by atoms with van der Waals surface area (Å²) in [6.07, 6.45) is 6.31. The van der Waals surface area contributed by atoms with Gasteiger partial charge in [0.05, 0.1) is 18.9 Å². The second-order valence-electron chi connectivity index (χ2n) is 5.79. The molecule has 2 aliphatic rings. The number of nitrogen functional groups attached to an aromatic ring is 1. The molecule has 1 aromatic heterocycles. The largest absolute Gasteiger partial charge is 0.394 e. The monoisotopic (exact) mass is 277 g/mol. The van der Waals surface area contributed by atoms with E-state index in [0.717, 1.165) is 52.0 Å². The summed E-state index contributed by atoms with van der Waals surface area (Å²) >= 11 is 0. The minimum Gasteiger partial charge on any atom is -0.394 e. The van der Waals surface area contributed by atoms with E-state index in [0.29, 0.717) is 17.8 Å². The maximum Gasteiger partial charge on any atom is 0.273 e. The summed E-state index contributed by atoms with van der Waals surface area (Å²) < 4.78 is 7.23. The SMILES string of the molecule is Nc1cccn(C2CCC(N3CCOCC3)CC2)c1=O. The van der Waals surface area contributed by atoms with Gasteiger partial charge in [-0.25, -0.2) is 0 Å². The van der Waals surface area contributed by atoms with Crippen molar-refractivity contribution in [3.05, 3.63) is 28.7 Å². The summed E-state index contributed by atoms with van der Waals surface area (Å²) in [6.45, 7) is 3.81. The second kappa shape index (κ2) is 5.97. The van der Waals surface area contributed by atoms with Crippen LogP contribution in [-0.2, 0) is 4.74 Å². The smallest absolute Gasteiger partial charge is 0.273 e. The molecule has 0 spiro atoms. The maximum absolute atomic E-state index is 12.1. The van der Waals surface area contributed by atoms with Crippen molar-refractivity contribution in [3.8, 4) is 0 Å². The zero-order valence-corrected chi connectivity index (χ0v) is 11.8. The Balaban J connectivity index is 1.63. The minimum atomic E-state index is -0.0395. The molecule has 5 heteroatoms. The predicted molar refractivity (Wildman–Crippen MR) is 78.8 cm³/mol. The summed E-state index contributed by atoms with van der Waals surface area (Å²) in [5.41, 5.74) is 6.03. The summed E-state index contributed by atoms with van der Waals surface area (Å²) in [7, 11) is 0. The minimum absolute atomic E-state index is 0.0395. The van der Waals surface area contributed by atoms with Gasteiger partial charge in [-0.3, -0.25) is 9.69 Å². The van der Waals surface area contributed by atoms with E-state index in [-0.39, 0.29) is 5.56 Å². The second-order valence-corrected chi connectivity index (χ2v) is 5.79. The van der Waals surface area contributed by atoms with Gasteiger partial charge < -0.3 is 15.0 Å². The first kappa shape index (κ1) is 13.6. The lowest BCUT2D eigenvalue weighted by Gasteiger charge is -2.39. The van der Waals surface area contributed by atoms with Crippen LogP contribution in [0.4, 0.5) is 5.69 Å². The van der Waals surface area contributed by atoms with Gasteiger partial charge in [0, 0.05) is 31.4 Å². The molecular formula is C15H23N3O2. The predicted octanol–water partition coefficient (Wildman–Crippen LogP) is 1.25. The Morgan fingerprint density at radius 1 is 1.10 bits per heavy atom. The van der Waals surface area contributed by atoms with E-state index in [1.165, 1.54) is 0 Å². The Kier molecular flexibility index (Phi) is 4.08. The van der Waals surface area contributed by atoms with E-state index in [2.05, 4.69) is 4.90 Å². The van der Waals surface area contributed by atoms with Gasteiger partial charge in [-0.1, -0.05) is 0 Å². The van der Waals surface area contributed by atoms with Crippen LogP contribution >= 0.6 is 0 Å². The van der Waals surface area contributed by atoms with Crippen molar-refractivity contribution in [1.82, 2.24) is 9.47 Å². The van der Waals surface area contributed by atoms with Crippen LogP contribution in [-0.4, -0.2) is 41.8 Å². The number of rotatable bonds is 2. The molecule has 2 fully saturated rings. The van der Waals surface area contributed by atoms with Crippen molar-refractivity contribution in [1.29, 1.82) is 0 Å². The first-order chi connectivity index (χ1) is 9.75. The molecule has 1 aliphatic carbocycles. The molecule has 20 heavy (non-hydrogen) atoms. The third kappa shape index (κ3) is 2.74. The van der Waals surface area contributed by atoms with Crippen LogP contribution < -0.4 is 11.3 Å². The van der Waals surface area contributed by atoms with E-state index in [1.807, 2.05) is 16.8 Å². The van der Waals surface area contributed by atoms with Gasteiger partial charge >= 0.3 is 0 Å². The Labute approximate surface area is 119 Å².